The maximum Gasteiger partial charge on any atom is 0.257 e. The highest BCUT2D eigenvalue weighted by Gasteiger charge is 2.17. The lowest BCUT2D eigenvalue weighted by atomic mass is 10.2. The Balaban J connectivity index is 2.09. The number of carbonyl (C=O) groups is 1. The molecule has 0 atom stereocenters. The van der Waals surface area contributed by atoms with Crippen molar-refractivity contribution in [3.8, 4) is 5.88 Å². The van der Waals surface area contributed by atoms with E-state index in [1.807, 2.05) is 6.07 Å². The highest BCUT2D eigenvalue weighted by molar-refractivity contribution is 5.96. The number of pyridine rings is 1. The van der Waals surface area contributed by atoms with Gasteiger partial charge in [-0.15, -0.1) is 0 Å². The minimum Gasteiger partial charge on any atom is -0.481 e. The molecule has 6 nitrogen and oxygen atoms in total. The number of ether oxygens (including phenoxy) is 1. The van der Waals surface area contributed by atoms with Crippen molar-refractivity contribution >= 4 is 5.91 Å². The third kappa shape index (κ3) is 2.73. The van der Waals surface area contributed by atoms with Gasteiger partial charge in [-0.2, -0.15) is 0 Å². The summed E-state index contributed by atoms with van der Waals surface area (Å²) in [5.41, 5.74) is 1.86. The summed E-state index contributed by atoms with van der Waals surface area (Å²) >= 11 is 0. The van der Waals surface area contributed by atoms with Gasteiger partial charge in [-0.1, -0.05) is 11.2 Å². The summed E-state index contributed by atoms with van der Waals surface area (Å²) in [7, 11) is 1.54. The third-order valence-corrected chi connectivity index (χ3v) is 2.74. The van der Waals surface area contributed by atoms with Gasteiger partial charge in [-0.05, 0) is 19.9 Å². The summed E-state index contributed by atoms with van der Waals surface area (Å²) in [5.74, 6) is 0.789. The lowest BCUT2D eigenvalue weighted by molar-refractivity contribution is 0.0948. The zero-order valence-corrected chi connectivity index (χ0v) is 11.1. The number of hydrogen-bond donors (Lipinski definition) is 1. The van der Waals surface area contributed by atoms with Crippen molar-refractivity contribution in [2.75, 3.05) is 7.11 Å². The molecular weight excluding hydrogens is 246 g/mol. The second-order valence-electron chi connectivity index (χ2n) is 4.05. The fourth-order valence-corrected chi connectivity index (χ4v) is 1.81. The lowest BCUT2D eigenvalue weighted by Gasteiger charge is -2.08. The number of rotatable bonds is 4. The van der Waals surface area contributed by atoms with Gasteiger partial charge in [-0.25, -0.2) is 4.98 Å². The molecule has 0 radical (unpaired) electrons. The van der Waals surface area contributed by atoms with Crippen LogP contribution in [0.1, 0.15) is 27.4 Å². The summed E-state index contributed by atoms with van der Waals surface area (Å²) in [6, 6.07) is 3.64. The molecule has 1 amide bonds. The van der Waals surface area contributed by atoms with E-state index in [0.29, 0.717) is 29.4 Å². The maximum atomic E-state index is 12.0. The Morgan fingerprint density at radius 2 is 2.26 bits per heavy atom. The van der Waals surface area contributed by atoms with Gasteiger partial charge in [0.05, 0.1) is 12.8 Å². The van der Waals surface area contributed by atoms with E-state index in [-0.39, 0.29) is 5.91 Å². The molecule has 100 valence electrons. The number of amides is 1. The van der Waals surface area contributed by atoms with Crippen LogP contribution >= 0.6 is 0 Å². The quantitative estimate of drug-likeness (QED) is 0.905. The predicted octanol–water partition coefficient (Wildman–Crippen LogP) is 1.63. The second kappa shape index (κ2) is 5.51. The normalized spacial score (nSPS) is 10.3. The summed E-state index contributed by atoms with van der Waals surface area (Å²) < 4.78 is 10.1. The van der Waals surface area contributed by atoms with Crippen LogP contribution in [0.4, 0.5) is 0 Å². The van der Waals surface area contributed by atoms with Crippen LogP contribution in [-0.4, -0.2) is 23.2 Å². The number of methoxy groups -OCH3 is 1. The second-order valence-corrected chi connectivity index (χ2v) is 4.05. The topological polar surface area (TPSA) is 77.2 Å². The Labute approximate surface area is 110 Å². The zero-order valence-electron chi connectivity index (χ0n) is 11.1. The van der Waals surface area contributed by atoms with Gasteiger partial charge in [0.25, 0.3) is 5.91 Å². The Hall–Kier alpha value is -2.37. The van der Waals surface area contributed by atoms with E-state index < -0.39 is 0 Å². The number of hydrogen-bond acceptors (Lipinski definition) is 5. The number of carbonyl (C=O) groups excluding carboxylic acids is 1. The van der Waals surface area contributed by atoms with Crippen molar-refractivity contribution in [2.24, 2.45) is 0 Å². The molecule has 0 bridgehead atoms. The van der Waals surface area contributed by atoms with E-state index in [1.54, 1.807) is 33.2 Å². The first-order valence-electron chi connectivity index (χ1n) is 5.82. The Kier molecular flexibility index (Phi) is 3.79. The fourth-order valence-electron chi connectivity index (χ4n) is 1.81. The monoisotopic (exact) mass is 261 g/mol. The van der Waals surface area contributed by atoms with Crippen molar-refractivity contribution in [1.29, 1.82) is 0 Å². The van der Waals surface area contributed by atoms with Crippen LogP contribution in [0.15, 0.2) is 22.9 Å². The van der Waals surface area contributed by atoms with Crippen molar-refractivity contribution < 1.29 is 14.1 Å². The number of nitrogens with zero attached hydrogens (tertiary/aromatic N) is 2. The smallest absolute Gasteiger partial charge is 0.257 e. The Morgan fingerprint density at radius 1 is 1.47 bits per heavy atom. The van der Waals surface area contributed by atoms with Crippen LogP contribution in [0.5, 0.6) is 5.88 Å². The fraction of sp³-hybridized carbons (Fsp3) is 0.308. The van der Waals surface area contributed by atoms with Gasteiger partial charge in [0.15, 0.2) is 0 Å². The molecule has 6 heteroatoms. The molecule has 2 aromatic heterocycles. The number of nitrogens with one attached hydrogen (secondary N) is 1. The molecule has 0 spiro atoms. The minimum atomic E-state index is -0.220. The van der Waals surface area contributed by atoms with Crippen molar-refractivity contribution in [3.05, 3.63) is 40.9 Å². The van der Waals surface area contributed by atoms with Crippen molar-refractivity contribution in [2.45, 2.75) is 20.4 Å². The summed E-state index contributed by atoms with van der Waals surface area (Å²) in [6.07, 6.45) is 1.64. The van der Waals surface area contributed by atoms with E-state index in [2.05, 4.69) is 15.5 Å². The standard InChI is InChI=1S/C13H15N3O3/c1-8-11(9(2)19-16-8)12(17)15-7-10-5-4-6-14-13(10)18-3/h4-6H,7H2,1-3H3,(H,15,17). The molecule has 0 aliphatic heterocycles. The molecule has 0 aliphatic carbocycles. The van der Waals surface area contributed by atoms with E-state index in [0.717, 1.165) is 5.56 Å². The van der Waals surface area contributed by atoms with Crippen LogP contribution < -0.4 is 10.1 Å². The first-order valence-corrected chi connectivity index (χ1v) is 5.82. The van der Waals surface area contributed by atoms with Crippen LogP contribution in [0.2, 0.25) is 0 Å². The lowest BCUT2D eigenvalue weighted by Crippen LogP contribution is -2.24. The SMILES string of the molecule is COc1ncccc1CNC(=O)c1c(C)noc1C. The van der Waals surface area contributed by atoms with Crippen LogP contribution in [-0.2, 0) is 6.54 Å². The molecule has 0 saturated carbocycles. The Morgan fingerprint density at radius 3 is 2.89 bits per heavy atom. The molecular formula is C13H15N3O3. The first-order chi connectivity index (χ1) is 9.13. The van der Waals surface area contributed by atoms with Gasteiger partial charge in [0.2, 0.25) is 5.88 Å². The van der Waals surface area contributed by atoms with Crippen molar-refractivity contribution in [1.82, 2.24) is 15.5 Å². The highest BCUT2D eigenvalue weighted by atomic mass is 16.5. The zero-order chi connectivity index (χ0) is 13.8. The summed E-state index contributed by atoms with van der Waals surface area (Å²) in [4.78, 5) is 16.1. The molecule has 0 aromatic carbocycles. The highest BCUT2D eigenvalue weighted by Crippen LogP contribution is 2.15. The summed E-state index contributed by atoms with van der Waals surface area (Å²) in [6.45, 7) is 3.77. The molecule has 2 aromatic rings. The maximum absolute atomic E-state index is 12.0. The van der Waals surface area contributed by atoms with Gasteiger partial charge in [0, 0.05) is 18.3 Å². The van der Waals surface area contributed by atoms with Gasteiger partial charge >= 0.3 is 0 Å². The average Bonchev–Trinajstić information content (AvgIpc) is 2.76. The van der Waals surface area contributed by atoms with E-state index in [4.69, 9.17) is 9.26 Å². The molecule has 0 saturated heterocycles. The van der Waals surface area contributed by atoms with Crippen LogP contribution in [0, 0.1) is 13.8 Å². The van der Waals surface area contributed by atoms with E-state index >= 15 is 0 Å². The van der Waals surface area contributed by atoms with Crippen molar-refractivity contribution in [3.63, 3.8) is 0 Å². The molecule has 0 fully saturated rings. The van der Waals surface area contributed by atoms with Gasteiger partial charge < -0.3 is 14.6 Å². The largest absolute Gasteiger partial charge is 0.481 e. The van der Waals surface area contributed by atoms with E-state index in [1.165, 1.54) is 0 Å². The predicted molar refractivity (Wildman–Crippen MR) is 67.9 cm³/mol. The molecule has 0 unspecified atom stereocenters. The molecule has 1 N–H and O–H groups in total. The summed E-state index contributed by atoms with van der Waals surface area (Å²) in [5, 5.41) is 6.55. The minimum absolute atomic E-state index is 0.220. The van der Waals surface area contributed by atoms with Crippen LogP contribution in [0.25, 0.3) is 0 Å². The first kappa shape index (κ1) is 13.1. The Bertz CT molecular complexity index is 573. The van der Waals surface area contributed by atoms with Gasteiger partial charge in [-0.3, -0.25) is 4.79 Å². The molecule has 2 rings (SSSR count). The van der Waals surface area contributed by atoms with E-state index in [9.17, 15) is 4.79 Å². The molecule has 2 heterocycles. The van der Waals surface area contributed by atoms with Crippen LogP contribution in [0.3, 0.4) is 0 Å². The number of aromatic nitrogens is 2. The molecule has 0 aliphatic rings. The van der Waals surface area contributed by atoms with Gasteiger partial charge in [0.1, 0.15) is 11.3 Å². The number of aryl methyl sites for hydroxylation is 2. The average molecular weight is 261 g/mol. The third-order valence-electron chi connectivity index (χ3n) is 2.74. The molecule has 19 heavy (non-hydrogen) atoms.